The number of hydrogen-bond donors (Lipinski definition) is 1. The van der Waals surface area contributed by atoms with E-state index < -0.39 is 0 Å². The van der Waals surface area contributed by atoms with Gasteiger partial charge in [0.1, 0.15) is 11.5 Å². The van der Waals surface area contributed by atoms with Gasteiger partial charge in [-0.15, -0.1) is 0 Å². The molecule has 1 fully saturated rings. The second-order valence-electron chi connectivity index (χ2n) is 6.19. The monoisotopic (exact) mass is 388 g/mol. The largest absolute Gasteiger partial charge is 0.495 e. The second-order valence-corrected chi connectivity index (χ2v) is 6.60. The first-order valence-corrected chi connectivity index (χ1v) is 9.04. The van der Waals surface area contributed by atoms with Gasteiger partial charge >= 0.3 is 0 Å². The number of nitrogens with one attached hydrogen (secondary N) is 1. The summed E-state index contributed by atoms with van der Waals surface area (Å²) >= 11 is 6.09. The van der Waals surface area contributed by atoms with Gasteiger partial charge in [-0.2, -0.15) is 0 Å². The van der Waals surface area contributed by atoms with Gasteiger partial charge in [0.05, 0.1) is 24.9 Å². The molecule has 2 aromatic carbocycles. The first kappa shape index (κ1) is 19.0. The number of anilines is 2. The predicted molar refractivity (Wildman–Crippen MR) is 105 cm³/mol. The van der Waals surface area contributed by atoms with Crippen molar-refractivity contribution in [3.63, 3.8) is 0 Å². The molecule has 0 unspecified atom stereocenters. The normalized spacial score (nSPS) is 14.0. The maximum atomic E-state index is 12.6. The molecule has 1 aliphatic heterocycles. The molecule has 0 atom stereocenters. The maximum absolute atomic E-state index is 12.6. The van der Waals surface area contributed by atoms with E-state index in [-0.39, 0.29) is 11.8 Å². The minimum absolute atomic E-state index is 0.122. The average molecular weight is 389 g/mol. The quantitative estimate of drug-likeness (QED) is 0.836. The van der Waals surface area contributed by atoms with Crippen LogP contribution in [0.5, 0.6) is 11.5 Å². The third-order valence-electron chi connectivity index (χ3n) is 4.49. The summed E-state index contributed by atoms with van der Waals surface area (Å²) in [4.78, 5) is 26.4. The number of methoxy groups -OCH3 is 2. The number of amides is 2. The molecule has 142 valence electrons. The smallest absolute Gasteiger partial charge is 0.255 e. The van der Waals surface area contributed by atoms with Crippen LogP contribution in [0.4, 0.5) is 11.4 Å². The van der Waals surface area contributed by atoms with E-state index in [0.29, 0.717) is 40.7 Å². The molecule has 1 aliphatic rings. The Morgan fingerprint density at radius 2 is 1.78 bits per heavy atom. The van der Waals surface area contributed by atoms with Gasteiger partial charge in [-0.1, -0.05) is 11.6 Å². The lowest BCUT2D eigenvalue weighted by atomic mass is 10.1. The molecule has 1 heterocycles. The number of halogens is 1. The van der Waals surface area contributed by atoms with Gasteiger partial charge in [0.15, 0.2) is 0 Å². The Kier molecular flexibility index (Phi) is 5.86. The third kappa shape index (κ3) is 4.17. The van der Waals surface area contributed by atoms with Gasteiger partial charge < -0.3 is 19.7 Å². The Bertz CT molecular complexity index is 852. The van der Waals surface area contributed by atoms with E-state index in [1.165, 1.54) is 14.2 Å². The molecule has 0 radical (unpaired) electrons. The highest BCUT2D eigenvalue weighted by Crippen LogP contribution is 2.36. The van der Waals surface area contributed by atoms with Gasteiger partial charge in [0.2, 0.25) is 5.91 Å². The molecule has 0 aliphatic carbocycles. The van der Waals surface area contributed by atoms with Crippen LogP contribution in [0.25, 0.3) is 0 Å². The number of nitrogens with zero attached hydrogens (tertiary/aromatic N) is 1. The fourth-order valence-corrected chi connectivity index (χ4v) is 3.26. The van der Waals surface area contributed by atoms with E-state index in [9.17, 15) is 9.59 Å². The zero-order valence-electron chi connectivity index (χ0n) is 15.3. The lowest BCUT2D eigenvalue weighted by Crippen LogP contribution is -2.35. The molecule has 0 saturated carbocycles. The summed E-state index contributed by atoms with van der Waals surface area (Å²) in [7, 11) is 3.00. The number of ether oxygens (including phenoxy) is 2. The van der Waals surface area contributed by atoms with Crippen molar-refractivity contribution in [1.82, 2.24) is 0 Å². The van der Waals surface area contributed by atoms with Crippen molar-refractivity contribution in [1.29, 1.82) is 0 Å². The van der Waals surface area contributed by atoms with Crippen molar-refractivity contribution in [3.05, 3.63) is 47.0 Å². The zero-order valence-corrected chi connectivity index (χ0v) is 16.0. The fourth-order valence-electron chi connectivity index (χ4n) is 3.02. The first-order chi connectivity index (χ1) is 13.0. The van der Waals surface area contributed by atoms with Crippen LogP contribution in [-0.4, -0.2) is 32.6 Å². The number of carbonyl (C=O) groups is 2. The Morgan fingerprint density at radius 3 is 2.41 bits per heavy atom. The van der Waals surface area contributed by atoms with Gasteiger partial charge in [-0.05, 0) is 37.1 Å². The standard InChI is InChI=1S/C20H21ClN2O4/c1-26-17-12-16(18(27-2)11-15(17)21)22-20(25)13-6-8-14(9-7-13)23-10-4-3-5-19(23)24/h6-9,11-12H,3-5,10H2,1-2H3,(H,22,25). The molecule has 1 N–H and O–H groups in total. The molecule has 27 heavy (non-hydrogen) atoms. The molecule has 0 aromatic heterocycles. The van der Waals surface area contributed by atoms with Crippen LogP contribution in [0.2, 0.25) is 5.02 Å². The molecule has 6 nitrogen and oxygen atoms in total. The predicted octanol–water partition coefficient (Wildman–Crippen LogP) is 4.13. The molecular formula is C20H21ClN2O4. The number of benzene rings is 2. The summed E-state index contributed by atoms with van der Waals surface area (Å²) in [5, 5.41) is 3.20. The summed E-state index contributed by atoms with van der Waals surface area (Å²) in [5.74, 6) is 0.696. The molecule has 7 heteroatoms. The minimum atomic E-state index is -0.297. The Morgan fingerprint density at radius 1 is 1.07 bits per heavy atom. The summed E-state index contributed by atoms with van der Waals surface area (Å²) in [6, 6.07) is 10.2. The molecular weight excluding hydrogens is 368 g/mol. The van der Waals surface area contributed by atoms with E-state index in [4.69, 9.17) is 21.1 Å². The van der Waals surface area contributed by atoms with Crippen LogP contribution in [0.3, 0.4) is 0 Å². The molecule has 2 aromatic rings. The summed E-state index contributed by atoms with van der Waals surface area (Å²) in [6.45, 7) is 0.714. The lowest BCUT2D eigenvalue weighted by Gasteiger charge is -2.26. The van der Waals surface area contributed by atoms with Crippen molar-refractivity contribution in [2.75, 3.05) is 31.0 Å². The van der Waals surface area contributed by atoms with Crippen molar-refractivity contribution in [2.24, 2.45) is 0 Å². The highest BCUT2D eigenvalue weighted by atomic mass is 35.5. The fraction of sp³-hybridized carbons (Fsp3) is 0.300. The highest BCUT2D eigenvalue weighted by molar-refractivity contribution is 6.32. The van der Waals surface area contributed by atoms with E-state index in [1.54, 1.807) is 41.3 Å². The van der Waals surface area contributed by atoms with Gasteiger partial charge in [-0.25, -0.2) is 0 Å². The van der Waals surface area contributed by atoms with Gasteiger partial charge in [-0.3, -0.25) is 9.59 Å². The van der Waals surface area contributed by atoms with Crippen LogP contribution < -0.4 is 19.7 Å². The van der Waals surface area contributed by atoms with Gasteiger partial charge in [0, 0.05) is 36.3 Å². The number of carbonyl (C=O) groups excluding carboxylic acids is 2. The molecule has 0 spiro atoms. The summed E-state index contributed by atoms with van der Waals surface area (Å²) in [5.41, 5.74) is 1.74. The Balaban J connectivity index is 1.78. The second kappa shape index (κ2) is 8.31. The number of piperidine rings is 1. The number of rotatable bonds is 5. The topological polar surface area (TPSA) is 67.9 Å². The molecule has 2 amide bonds. The zero-order chi connectivity index (χ0) is 19.4. The molecule has 3 rings (SSSR count). The average Bonchev–Trinajstić information content (AvgIpc) is 2.69. The van der Waals surface area contributed by atoms with E-state index in [2.05, 4.69) is 5.32 Å². The van der Waals surface area contributed by atoms with Crippen molar-refractivity contribution < 1.29 is 19.1 Å². The maximum Gasteiger partial charge on any atom is 0.255 e. The number of hydrogen-bond acceptors (Lipinski definition) is 4. The first-order valence-electron chi connectivity index (χ1n) is 8.67. The van der Waals surface area contributed by atoms with Crippen molar-refractivity contribution in [3.8, 4) is 11.5 Å². The van der Waals surface area contributed by atoms with E-state index in [0.717, 1.165) is 18.5 Å². The summed E-state index contributed by atoms with van der Waals surface area (Å²) < 4.78 is 10.5. The molecule has 1 saturated heterocycles. The van der Waals surface area contributed by atoms with Crippen LogP contribution in [0.1, 0.15) is 29.6 Å². The van der Waals surface area contributed by atoms with Crippen LogP contribution in [0, 0.1) is 0 Å². The minimum Gasteiger partial charge on any atom is -0.495 e. The van der Waals surface area contributed by atoms with Gasteiger partial charge in [0.25, 0.3) is 5.91 Å². The highest BCUT2D eigenvalue weighted by Gasteiger charge is 2.20. The lowest BCUT2D eigenvalue weighted by molar-refractivity contribution is -0.119. The van der Waals surface area contributed by atoms with Crippen molar-refractivity contribution >= 4 is 34.8 Å². The van der Waals surface area contributed by atoms with Crippen LogP contribution in [-0.2, 0) is 4.79 Å². The SMILES string of the molecule is COc1cc(NC(=O)c2ccc(N3CCCCC3=O)cc2)c(OC)cc1Cl. The van der Waals surface area contributed by atoms with Crippen LogP contribution >= 0.6 is 11.6 Å². The molecule has 0 bridgehead atoms. The van der Waals surface area contributed by atoms with Crippen LogP contribution in [0.15, 0.2) is 36.4 Å². The third-order valence-corrected chi connectivity index (χ3v) is 4.78. The van der Waals surface area contributed by atoms with E-state index >= 15 is 0 Å². The summed E-state index contributed by atoms with van der Waals surface area (Å²) in [6.07, 6.45) is 2.49. The van der Waals surface area contributed by atoms with E-state index in [1.807, 2.05) is 0 Å². The Hall–Kier alpha value is -2.73. The van der Waals surface area contributed by atoms with Crippen molar-refractivity contribution in [2.45, 2.75) is 19.3 Å². The Labute approximate surface area is 163 Å².